The minimum absolute atomic E-state index is 0.829. The first-order valence-electron chi connectivity index (χ1n) is 5.82. The van der Waals surface area contributed by atoms with E-state index in [0.717, 1.165) is 25.2 Å². The topological polar surface area (TPSA) is 38.0 Å². The van der Waals surface area contributed by atoms with Gasteiger partial charge in [0.25, 0.3) is 0 Å². The zero-order valence-electron chi connectivity index (χ0n) is 10.1. The third kappa shape index (κ3) is 3.58. The van der Waals surface area contributed by atoms with Crippen molar-refractivity contribution in [3.63, 3.8) is 0 Å². The third-order valence-corrected chi connectivity index (χ3v) is 3.76. The predicted molar refractivity (Wildman–Crippen MR) is 75.3 cm³/mol. The highest BCUT2D eigenvalue weighted by Gasteiger charge is 1.98. The minimum atomic E-state index is 0.829. The van der Waals surface area contributed by atoms with E-state index in [4.69, 9.17) is 5.73 Å². The van der Waals surface area contributed by atoms with Crippen LogP contribution in [0.25, 0.3) is 0 Å². The Bertz CT molecular complexity index is 459. The van der Waals surface area contributed by atoms with Gasteiger partial charge in [0.15, 0.2) is 0 Å². The predicted octanol–water partition coefficient (Wildman–Crippen LogP) is 2.97. The lowest BCUT2D eigenvalue weighted by molar-refractivity contribution is 0.686. The van der Waals surface area contributed by atoms with Gasteiger partial charge in [-0.25, -0.2) is 0 Å². The highest BCUT2D eigenvalue weighted by molar-refractivity contribution is 7.08. The number of nitrogens with two attached hydrogens (primary N) is 1. The first-order chi connectivity index (χ1) is 8.25. The monoisotopic (exact) mass is 246 g/mol. The van der Waals surface area contributed by atoms with Gasteiger partial charge in [0.1, 0.15) is 0 Å². The lowest BCUT2D eigenvalue weighted by atomic mass is 10.1. The highest BCUT2D eigenvalue weighted by Crippen LogP contribution is 2.13. The zero-order valence-corrected chi connectivity index (χ0v) is 10.9. The minimum Gasteiger partial charge on any atom is -0.399 e. The van der Waals surface area contributed by atoms with E-state index >= 15 is 0 Å². The van der Waals surface area contributed by atoms with Crippen LogP contribution in [-0.4, -0.2) is 6.54 Å². The maximum Gasteiger partial charge on any atom is 0.0314 e. The van der Waals surface area contributed by atoms with Crippen LogP contribution < -0.4 is 11.1 Å². The second-order valence-electron chi connectivity index (χ2n) is 4.25. The van der Waals surface area contributed by atoms with Crippen molar-refractivity contribution in [1.29, 1.82) is 0 Å². The number of benzene rings is 1. The Labute approximate surface area is 106 Å². The fraction of sp³-hybridized carbons (Fsp3) is 0.286. The Kier molecular flexibility index (Phi) is 4.18. The van der Waals surface area contributed by atoms with E-state index in [1.165, 1.54) is 16.7 Å². The van der Waals surface area contributed by atoms with E-state index in [1.807, 2.05) is 12.1 Å². The number of anilines is 1. The molecule has 2 aromatic rings. The molecule has 90 valence electrons. The molecule has 0 saturated heterocycles. The van der Waals surface area contributed by atoms with Gasteiger partial charge in [-0.2, -0.15) is 11.3 Å². The van der Waals surface area contributed by atoms with Crippen molar-refractivity contribution in [2.24, 2.45) is 0 Å². The van der Waals surface area contributed by atoms with Crippen molar-refractivity contribution in [3.05, 3.63) is 51.7 Å². The number of aryl methyl sites for hydroxylation is 1. The molecule has 3 N–H and O–H groups in total. The van der Waals surface area contributed by atoms with Crippen LogP contribution in [0.4, 0.5) is 5.69 Å². The number of nitrogen functional groups attached to an aromatic ring is 1. The van der Waals surface area contributed by atoms with E-state index in [1.54, 1.807) is 11.3 Å². The van der Waals surface area contributed by atoms with E-state index in [9.17, 15) is 0 Å². The molecule has 0 radical (unpaired) electrons. The van der Waals surface area contributed by atoms with Gasteiger partial charge in [0.05, 0.1) is 0 Å². The van der Waals surface area contributed by atoms with Crippen LogP contribution in [0.3, 0.4) is 0 Å². The standard InChI is InChI=1S/C14H18N2S/c1-11-9-17-10-13(11)8-16-7-6-12-2-4-14(15)5-3-12/h2-5,9-10,16H,6-8,15H2,1H3. The van der Waals surface area contributed by atoms with Crippen molar-refractivity contribution in [1.82, 2.24) is 5.32 Å². The van der Waals surface area contributed by atoms with Crippen molar-refractivity contribution in [2.75, 3.05) is 12.3 Å². The maximum absolute atomic E-state index is 5.65. The first-order valence-corrected chi connectivity index (χ1v) is 6.77. The molecule has 0 saturated carbocycles. The SMILES string of the molecule is Cc1cscc1CNCCc1ccc(N)cc1. The zero-order chi connectivity index (χ0) is 12.1. The molecule has 1 aromatic carbocycles. The summed E-state index contributed by atoms with van der Waals surface area (Å²) in [6, 6.07) is 8.09. The van der Waals surface area contributed by atoms with Crippen molar-refractivity contribution in [3.8, 4) is 0 Å². The van der Waals surface area contributed by atoms with Gasteiger partial charge in [0, 0.05) is 12.2 Å². The summed E-state index contributed by atoms with van der Waals surface area (Å²) in [5, 5.41) is 7.87. The largest absolute Gasteiger partial charge is 0.399 e. The highest BCUT2D eigenvalue weighted by atomic mass is 32.1. The van der Waals surface area contributed by atoms with E-state index in [2.05, 4.69) is 35.1 Å². The molecule has 0 unspecified atom stereocenters. The number of nitrogens with one attached hydrogen (secondary N) is 1. The van der Waals surface area contributed by atoms with Gasteiger partial charge in [-0.3, -0.25) is 0 Å². The summed E-state index contributed by atoms with van der Waals surface area (Å²) in [6.45, 7) is 4.12. The number of rotatable bonds is 5. The molecule has 0 fully saturated rings. The van der Waals surface area contributed by atoms with Crippen LogP contribution in [0.15, 0.2) is 35.0 Å². The smallest absolute Gasteiger partial charge is 0.0314 e. The van der Waals surface area contributed by atoms with E-state index in [-0.39, 0.29) is 0 Å². The van der Waals surface area contributed by atoms with Gasteiger partial charge in [-0.15, -0.1) is 0 Å². The normalized spacial score (nSPS) is 10.6. The van der Waals surface area contributed by atoms with E-state index in [0.29, 0.717) is 0 Å². The molecule has 0 atom stereocenters. The third-order valence-electron chi connectivity index (χ3n) is 2.85. The molecule has 0 bridgehead atoms. The summed E-state index contributed by atoms with van der Waals surface area (Å²) in [7, 11) is 0. The molecule has 2 rings (SSSR count). The molecule has 0 aliphatic carbocycles. The summed E-state index contributed by atoms with van der Waals surface area (Å²) < 4.78 is 0. The van der Waals surface area contributed by atoms with Crippen LogP contribution >= 0.6 is 11.3 Å². The van der Waals surface area contributed by atoms with Crippen molar-refractivity contribution < 1.29 is 0 Å². The quantitative estimate of drug-likeness (QED) is 0.629. The van der Waals surface area contributed by atoms with Gasteiger partial charge in [-0.05, 0) is 59.5 Å². The second-order valence-corrected chi connectivity index (χ2v) is 4.99. The first kappa shape index (κ1) is 12.1. The van der Waals surface area contributed by atoms with Gasteiger partial charge in [-0.1, -0.05) is 12.1 Å². The van der Waals surface area contributed by atoms with Crippen LogP contribution in [-0.2, 0) is 13.0 Å². The fourth-order valence-electron chi connectivity index (χ4n) is 1.71. The van der Waals surface area contributed by atoms with Crippen LogP contribution in [0, 0.1) is 6.92 Å². The lowest BCUT2D eigenvalue weighted by Gasteiger charge is -2.05. The molecule has 0 aliphatic rings. The number of hydrogen-bond donors (Lipinski definition) is 2. The molecular weight excluding hydrogens is 228 g/mol. The van der Waals surface area contributed by atoms with Gasteiger partial charge in [0.2, 0.25) is 0 Å². The van der Waals surface area contributed by atoms with Crippen LogP contribution in [0.2, 0.25) is 0 Å². The molecule has 1 aromatic heterocycles. The summed E-state index contributed by atoms with van der Waals surface area (Å²) >= 11 is 1.77. The molecule has 0 aliphatic heterocycles. The second kappa shape index (κ2) is 5.84. The molecular formula is C14H18N2S. The lowest BCUT2D eigenvalue weighted by Crippen LogP contribution is -2.16. The molecule has 17 heavy (non-hydrogen) atoms. The average molecular weight is 246 g/mol. The summed E-state index contributed by atoms with van der Waals surface area (Å²) in [5.74, 6) is 0. The molecule has 1 heterocycles. The summed E-state index contributed by atoms with van der Waals surface area (Å²) in [5.41, 5.74) is 10.6. The summed E-state index contributed by atoms with van der Waals surface area (Å²) in [6.07, 6.45) is 1.05. The Balaban J connectivity index is 1.73. The van der Waals surface area contributed by atoms with Gasteiger partial charge >= 0.3 is 0 Å². The molecule has 0 amide bonds. The fourth-order valence-corrected chi connectivity index (χ4v) is 2.57. The van der Waals surface area contributed by atoms with E-state index < -0.39 is 0 Å². The molecule has 0 spiro atoms. The Morgan fingerprint density at radius 1 is 1.18 bits per heavy atom. The van der Waals surface area contributed by atoms with Gasteiger partial charge < -0.3 is 11.1 Å². The van der Waals surface area contributed by atoms with Crippen LogP contribution in [0.1, 0.15) is 16.7 Å². The van der Waals surface area contributed by atoms with Crippen molar-refractivity contribution in [2.45, 2.75) is 19.9 Å². The van der Waals surface area contributed by atoms with Crippen LogP contribution in [0.5, 0.6) is 0 Å². The molecule has 2 nitrogen and oxygen atoms in total. The Morgan fingerprint density at radius 2 is 1.94 bits per heavy atom. The maximum atomic E-state index is 5.65. The number of hydrogen-bond acceptors (Lipinski definition) is 3. The van der Waals surface area contributed by atoms with Crippen molar-refractivity contribution >= 4 is 17.0 Å². The average Bonchev–Trinajstić information content (AvgIpc) is 2.73. The summed E-state index contributed by atoms with van der Waals surface area (Å²) in [4.78, 5) is 0. The Morgan fingerprint density at radius 3 is 2.59 bits per heavy atom. The number of thiophene rings is 1. The Hall–Kier alpha value is -1.32. The molecule has 3 heteroatoms.